The number of carbonyl (C=O) groups is 2. The highest BCUT2D eigenvalue weighted by Crippen LogP contribution is 2.39. The third-order valence-electron chi connectivity index (χ3n) is 3.97. The van der Waals surface area contributed by atoms with Crippen LogP contribution in [0, 0.1) is 0 Å². The highest BCUT2D eigenvalue weighted by atomic mass is 32.2. The summed E-state index contributed by atoms with van der Waals surface area (Å²) in [5.74, 6) is -0.910. The van der Waals surface area contributed by atoms with Crippen molar-refractivity contribution in [3.63, 3.8) is 0 Å². The van der Waals surface area contributed by atoms with Gasteiger partial charge in [-0.25, -0.2) is 9.78 Å². The van der Waals surface area contributed by atoms with Gasteiger partial charge in [0.05, 0.1) is 11.4 Å². The fourth-order valence-corrected chi connectivity index (χ4v) is 4.71. The lowest BCUT2D eigenvalue weighted by Gasteiger charge is -2.51. The Balaban J connectivity index is 1.72. The summed E-state index contributed by atoms with van der Waals surface area (Å²) in [5, 5.41) is 17.8. The lowest BCUT2D eigenvalue weighted by atomic mass is 10.0. The van der Waals surface area contributed by atoms with Crippen LogP contribution in [0.15, 0.2) is 34.5 Å². The van der Waals surface area contributed by atoms with Crippen LogP contribution in [0.4, 0.5) is 5.13 Å². The van der Waals surface area contributed by atoms with E-state index in [1.54, 1.807) is 28.1 Å². The zero-order valence-corrected chi connectivity index (χ0v) is 15.5. The normalized spacial score (nSPS) is 22.3. The zero-order chi connectivity index (χ0) is 18.8. The number of nitrogens with two attached hydrogens (primary N) is 1. The number of oxime groups is 1. The van der Waals surface area contributed by atoms with Gasteiger partial charge in [0.1, 0.15) is 18.5 Å². The van der Waals surface area contributed by atoms with E-state index in [0.29, 0.717) is 28.7 Å². The average molecular weight is 395 g/mol. The molecule has 1 amide bonds. The second-order valence-electron chi connectivity index (χ2n) is 5.51. The maximum atomic E-state index is 12.6. The van der Waals surface area contributed by atoms with Crippen molar-refractivity contribution < 1.29 is 19.5 Å². The van der Waals surface area contributed by atoms with Crippen LogP contribution in [0.3, 0.4) is 0 Å². The van der Waals surface area contributed by atoms with Crippen molar-refractivity contribution >= 4 is 45.8 Å². The van der Waals surface area contributed by atoms with E-state index in [1.165, 1.54) is 18.4 Å². The number of amides is 1. The number of allylic oxidation sites excluding steroid dienone is 1. The SMILES string of the molecule is C=CC1=C(C(=O)O)N2CC(NC(=O)/C(=N/OC)c3csc(N)n3)C2SC1. The van der Waals surface area contributed by atoms with Gasteiger partial charge in [0.2, 0.25) is 0 Å². The van der Waals surface area contributed by atoms with Gasteiger partial charge in [0, 0.05) is 17.7 Å². The lowest BCUT2D eigenvalue weighted by Crippen LogP contribution is -2.67. The Hall–Kier alpha value is -2.53. The van der Waals surface area contributed by atoms with Gasteiger partial charge in [-0.15, -0.1) is 23.1 Å². The lowest BCUT2D eigenvalue weighted by molar-refractivity contribution is -0.135. The van der Waals surface area contributed by atoms with Crippen molar-refractivity contribution in [1.29, 1.82) is 0 Å². The molecule has 2 aliphatic rings. The predicted molar refractivity (Wildman–Crippen MR) is 99.8 cm³/mol. The van der Waals surface area contributed by atoms with Crippen molar-refractivity contribution in [3.8, 4) is 0 Å². The van der Waals surface area contributed by atoms with Crippen LogP contribution in [0.1, 0.15) is 5.69 Å². The molecule has 4 N–H and O–H groups in total. The summed E-state index contributed by atoms with van der Waals surface area (Å²) in [5.41, 5.74) is 6.90. The number of carboxylic acid groups (broad SMARTS) is 1. The summed E-state index contributed by atoms with van der Waals surface area (Å²) in [6.45, 7) is 4.06. The molecule has 0 radical (unpaired) electrons. The summed E-state index contributed by atoms with van der Waals surface area (Å²) in [7, 11) is 1.34. The molecule has 9 nitrogen and oxygen atoms in total. The molecule has 3 rings (SSSR count). The molecule has 138 valence electrons. The number of thioether (sulfide) groups is 1. The number of nitrogens with one attached hydrogen (secondary N) is 1. The Morgan fingerprint density at radius 3 is 2.96 bits per heavy atom. The van der Waals surface area contributed by atoms with E-state index in [1.807, 2.05) is 0 Å². The Bertz CT molecular complexity index is 819. The monoisotopic (exact) mass is 395 g/mol. The summed E-state index contributed by atoms with van der Waals surface area (Å²) >= 11 is 2.75. The van der Waals surface area contributed by atoms with Crippen molar-refractivity contribution in [2.24, 2.45) is 5.16 Å². The zero-order valence-electron chi connectivity index (χ0n) is 13.8. The summed E-state index contributed by atoms with van der Waals surface area (Å²) in [4.78, 5) is 34.7. The van der Waals surface area contributed by atoms with Gasteiger partial charge < -0.3 is 25.9 Å². The molecule has 0 bridgehead atoms. The first kappa shape index (κ1) is 18.3. The molecule has 1 saturated heterocycles. The molecule has 0 saturated carbocycles. The number of carbonyl (C=O) groups excluding carboxylic acids is 1. The van der Waals surface area contributed by atoms with Crippen LogP contribution in [0.25, 0.3) is 0 Å². The van der Waals surface area contributed by atoms with Crippen molar-refractivity contribution in [2.75, 3.05) is 25.1 Å². The minimum atomic E-state index is -0.991. The second-order valence-corrected chi connectivity index (χ2v) is 7.51. The number of nitrogens with zero attached hydrogens (tertiary/aromatic N) is 3. The van der Waals surface area contributed by atoms with E-state index in [4.69, 9.17) is 10.6 Å². The number of aliphatic carboxylic acids is 1. The molecule has 26 heavy (non-hydrogen) atoms. The van der Waals surface area contributed by atoms with Crippen LogP contribution in [-0.2, 0) is 14.4 Å². The standard InChI is InChI=1S/C15H17N5O4S2/c1-3-7-5-25-13-8(4-20(13)11(7)14(22)23)17-12(21)10(19-24-2)9-6-26-15(16)18-9/h3,6,8,13H,1,4-5H2,2H3,(H2,16,18)(H,17,21)(H,22,23)/b19-10+. The van der Waals surface area contributed by atoms with E-state index in [-0.39, 0.29) is 22.8 Å². The number of carboxylic acids is 1. The molecule has 0 spiro atoms. The second kappa shape index (κ2) is 7.38. The van der Waals surface area contributed by atoms with Crippen LogP contribution in [0.2, 0.25) is 0 Å². The van der Waals surface area contributed by atoms with Crippen LogP contribution in [0.5, 0.6) is 0 Å². The number of hydrogen-bond donors (Lipinski definition) is 3. The van der Waals surface area contributed by atoms with Gasteiger partial charge in [-0.1, -0.05) is 17.8 Å². The fourth-order valence-electron chi connectivity index (χ4n) is 2.80. The van der Waals surface area contributed by atoms with Crippen molar-refractivity contribution in [3.05, 3.63) is 35.0 Å². The van der Waals surface area contributed by atoms with Crippen molar-refractivity contribution in [2.45, 2.75) is 11.4 Å². The summed E-state index contributed by atoms with van der Waals surface area (Å²) in [6, 6.07) is -0.216. The van der Waals surface area contributed by atoms with Crippen LogP contribution in [-0.4, -0.2) is 63.4 Å². The van der Waals surface area contributed by atoms with E-state index in [2.05, 4.69) is 22.0 Å². The molecule has 3 heterocycles. The highest BCUT2D eigenvalue weighted by Gasteiger charge is 2.46. The van der Waals surface area contributed by atoms with E-state index < -0.39 is 11.9 Å². The highest BCUT2D eigenvalue weighted by molar-refractivity contribution is 8.00. The quantitative estimate of drug-likeness (QED) is 0.468. The number of rotatable bonds is 6. The molecule has 11 heteroatoms. The molecule has 1 aromatic rings. The van der Waals surface area contributed by atoms with Gasteiger partial charge in [-0.3, -0.25) is 4.79 Å². The minimum absolute atomic E-state index is 0.0282. The number of anilines is 1. The summed E-state index contributed by atoms with van der Waals surface area (Å²) in [6.07, 6.45) is 1.56. The third kappa shape index (κ3) is 3.27. The average Bonchev–Trinajstić information content (AvgIpc) is 3.02. The molecule has 2 aliphatic heterocycles. The van der Waals surface area contributed by atoms with Gasteiger partial charge in [0.25, 0.3) is 5.91 Å². The van der Waals surface area contributed by atoms with E-state index in [0.717, 1.165) is 0 Å². The molecule has 2 atom stereocenters. The first-order valence-corrected chi connectivity index (χ1v) is 9.49. The Kier molecular flexibility index (Phi) is 5.18. The smallest absolute Gasteiger partial charge is 0.352 e. The Morgan fingerprint density at radius 1 is 1.62 bits per heavy atom. The van der Waals surface area contributed by atoms with Gasteiger partial charge in [-0.05, 0) is 5.57 Å². The molecule has 1 aromatic heterocycles. The number of hydrogen-bond acceptors (Lipinski definition) is 9. The third-order valence-corrected chi connectivity index (χ3v) is 6.05. The molecule has 1 fully saturated rings. The van der Waals surface area contributed by atoms with Crippen molar-refractivity contribution in [1.82, 2.24) is 15.2 Å². The van der Waals surface area contributed by atoms with Gasteiger partial charge in [-0.2, -0.15) is 0 Å². The van der Waals surface area contributed by atoms with Crippen LogP contribution < -0.4 is 11.1 Å². The fraction of sp³-hybridized carbons (Fsp3) is 0.333. The number of thiazole rings is 1. The van der Waals surface area contributed by atoms with Crippen LogP contribution >= 0.6 is 23.1 Å². The first-order valence-electron chi connectivity index (χ1n) is 7.56. The first-order chi connectivity index (χ1) is 12.5. The Labute approximate surface area is 157 Å². The van der Waals surface area contributed by atoms with E-state index >= 15 is 0 Å². The molecule has 0 aliphatic carbocycles. The Morgan fingerprint density at radius 2 is 2.38 bits per heavy atom. The molecular weight excluding hydrogens is 378 g/mol. The van der Waals surface area contributed by atoms with Gasteiger partial charge >= 0.3 is 5.97 Å². The van der Waals surface area contributed by atoms with E-state index in [9.17, 15) is 14.7 Å². The number of nitrogen functional groups attached to an aromatic ring is 1. The predicted octanol–water partition coefficient (Wildman–Crippen LogP) is 0.474. The topological polar surface area (TPSA) is 130 Å². The number of aromatic nitrogens is 1. The van der Waals surface area contributed by atoms with Gasteiger partial charge in [0.15, 0.2) is 10.8 Å². The minimum Gasteiger partial charge on any atom is -0.477 e. The maximum absolute atomic E-state index is 12.6. The largest absolute Gasteiger partial charge is 0.477 e. The molecule has 0 aromatic carbocycles. The maximum Gasteiger partial charge on any atom is 0.352 e. The molecular formula is C15H17N5O4S2. The molecule has 2 unspecified atom stereocenters. The summed E-state index contributed by atoms with van der Waals surface area (Å²) < 4.78 is 0. The number of fused-ring (bicyclic) bond motifs is 1.